The number of hydrogen-bond acceptors (Lipinski definition) is 2. The molecule has 0 radical (unpaired) electrons. The highest BCUT2D eigenvalue weighted by molar-refractivity contribution is 5.20. The molecule has 1 aromatic rings. The highest BCUT2D eigenvalue weighted by atomic mass is 16.5. The molecule has 16 heavy (non-hydrogen) atoms. The lowest BCUT2D eigenvalue weighted by Crippen LogP contribution is -2.24. The molecule has 0 aromatic heterocycles. The molecule has 2 heteroatoms. The molecule has 1 fully saturated rings. The highest BCUT2D eigenvalue weighted by Crippen LogP contribution is 2.43. The number of para-hydroxylation sites is 1. The molecule has 2 rings (SSSR count). The van der Waals surface area contributed by atoms with Crippen molar-refractivity contribution in [2.24, 2.45) is 5.41 Å². The van der Waals surface area contributed by atoms with Crippen LogP contribution in [-0.2, 0) is 0 Å². The summed E-state index contributed by atoms with van der Waals surface area (Å²) in [5.41, 5.74) is 0.611. The summed E-state index contributed by atoms with van der Waals surface area (Å²) in [7, 11) is 0. The zero-order valence-electron chi connectivity index (χ0n) is 10.0. The Balaban J connectivity index is 1.49. The zero-order valence-corrected chi connectivity index (χ0v) is 10.0. The van der Waals surface area contributed by atoms with Crippen LogP contribution in [0.1, 0.15) is 26.2 Å². The Kier molecular flexibility index (Phi) is 3.83. The van der Waals surface area contributed by atoms with Gasteiger partial charge in [0.25, 0.3) is 0 Å². The van der Waals surface area contributed by atoms with Crippen molar-refractivity contribution in [3.05, 3.63) is 30.3 Å². The minimum Gasteiger partial charge on any atom is -0.494 e. The molecule has 0 atom stereocenters. The lowest BCUT2D eigenvalue weighted by Gasteiger charge is -2.10. The van der Waals surface area contributed by atoms with Gasteiger partial charge in [0.05, 0.1) is 6.61 Å². The molecule has 88 valence electrons. The lowest BCUT2D eigenvalue weighted by atomic mass is 10.1. The van der Waals surface area contributed by atoms with Crippen LogP contribution >= 0.6 is 0 Å². The summed E-state index contributed by atoms with van der Waals surface area (Å²) in [5, 5.41) is 3.49. The Morgan fingerprint density at radius 3 is 2.69 bits per heavy atom. The molecule has 0 spiro atoms. The van der Waals surface area contributed by atoms with Gasteiger partial charge >= 0.3 is 0 Å². The topological polar surface area (TPSA) is 21.3 Å². The van der Waals surface area contributed by atoms with Crippen molar-refractivity contribution >= 4 is 0 Å². The molecule has 0 amide bonds. The summed E-state index contributed by atoms with van der Waals surface area (Å²) in [6, 6.07) is 10.0. The maximum Gasteiger partial charge on any atom is 0.119 e. The van der Waals surface area contributed by atoms with Crippen LogP contribution in [0.25, 0.3) is 0 Å². The van der Waals surface area contributed by atoms with Gasteiger partial charge in [-0.3, -0.25) is 0 Å². The fourth-order valence-corrected chi connectivity index (χ4v) is 1.68. The Hall–Kier alpha value is -1.02. The molecule has 1 aromatic carbocycles. The monoisotopic (exact) mass is 219 g/mol. The van der Waals surface area contributed by atoms with Crippen LogP contribution in [0, 0.1) is 5.41 Å². The van der Waals surface area contributed by atoms with Crippen LogP contribution in [0.4, 0.5) is 0 Å². The molecule has 1 aliphatic carbocycles. The molecular weight excluding hydrogens is 198 g/mol. The van der Waals surface area contributed by atoms with Crippen molar-refractivity contribution in [3.8, 4) is 5.75 Å². The molecule has 1 aliphatic rings. The number of rotatable bonds is 7. The maximum atomic E-state index is 5.61. The first-order valence-corrected chi connectivity index (χ1v) is 6.17. The van der Waals surface area contributed by atoms with E-state index in [2.05, 4.69) is 12.2 Å². The first-order chi connectivity index (χ1) is 7.79. The molecule has 1 saturated carbocycles. The van der Waals surface area contributed by atoms with Gasteiger partial charge in [-0.05, 0) is 43.4 Å². The average molecular weight is 219 g/mol. The Morgan fingerprint density at radius 1 is 1.25 bits per heavy atom. The van der Waals surface area contributed by atoms with Gasteiger partial charge in [0.1, 0.15) is 5.75 Å². The van der Waals surface area contributed by atoms with Crippen LogP contribution in [0.3, 0.4) is 0 Å². The molecule has 0 heterocycles. The van der Waals surface area contributed by atoms with Gasteiger partial charge in [0, 0.05) is 6.54 Å². The third kappa shape index (κ3) is 3.86. The standard InChI is InChI=1S/C14H21NO/c1-14(8-9-14)12-15-10-5-11-16-13-6-3-2-4-7-13/h2-4,6-7,15H,5,8-12H2,1H3. The number of ether oxygens (including phenoxy) is 1. The van der Waals surface area contributed by atoms with Crippen LogP contribution in [0.5, 0.6) is 5.75 Å². The molecule has 0 unspecified atom stereocenters. The average Bonchev–Trinajstić information content (AvgIpc) is 3.03. The van der Waals surface area contributed by atoms with Crippen LogP contribution in [0.2, 0.25) is 0 Å². The Bertz CT molecular complexity index is 306. The fourth-order valence-electron chi connectivity index (χ4n) is 1.68. The van der Waals surface area contributed by atoms with Crippen LogP contribution in [0.15, 0.2) is 30.3 Å². The SMILES string of the molecule is CC1(CNCCCOc2ccccc2)CC1. The van der Waals surface area contributed by atoms with Gasteiger partial charge in [-0.15, -0.1) is 0 Å². The number of hydrogen-bond donors (Lipinski definition) is 1. The maximum absolute atomic E-state index is 5.61. The highest BCUT2D eigenvalue weighted by Gasteiger charge is 2.36. The van der Waals surface area contributed by atoms with Crippen molar-refractivity contribution < 1.29 is 4.74 Å². The van der Waals surface area contributed by atoms with E-state index in [0.29, 0.717) is 5.41 Å². The fraction of sp³-hybridized carbons (Fsp3) is 0.571. The molecule has 0 bridgehead atoms. The molecule has 0 aliphatic heterocycles. The summed E-state index contributed by atoms with van der Waals surface area (Å²) in [6.07, 6.45) is 3.85. The normalized spacial score (nSPS) is 17.1. The van der Waals surface area contributed by atoms with E-state index in [0.717, 1.165) is 25.3 Å². The van der Waals surface area contributed by atoms with E-state index in [9.17, 15) is 0 Å². The first kappa shape index (κ1) is 11.5. The summed E-state index contributed by atoms with van der Waals surface area (Å²) >= 11 is 0. The van der Waals surface area contributed by atoms with Crippen molar-refractivity contribution in [2.75, 3.05) is 19.7 Å². The smallest absolute Gasteiger partial charge is 0.119 e. The van der Waals surface area contributed by atoms with Gasteiger partial charge in [-0.1, -0.05) is 25.1 Å². The van der Waals surface area contributed by atoms with E-state index < -0.39 is 0 Å². The quantitative estimate of drug-likeness (QED) is 0.712. The van der Waals surface area contributed by atoms with Crippen molar-refractivity contribution in [1.29, 1.82) is 0 Å². The lowest BCUT2D eigenvalue weighted by molar-refractivity contribution is 0.306. The molecular formula is C14H21NO. The zero-order chi connectivity index (χ0) is 11.3. The molecule has 1 N–H and O–H groups in total. The van der Waals surface area contributed by atoms with Gasteiger partial charge in [-0.25, -0.2) is 0 Å². The third-order valence-corrected chi connectivity index (χ3v) is 3.17. The van der Waals surface area contributed by atoms with E-state index in [1.807, 2.05) is 30.3 Å². The number of benzene rings is 1. The predicted molar refractivity (Wildman–Crippen MR) is 66.8 cm³/mol. The summed E-state index contributed by atoms with van der Waals surface area (Å²) in [4.78, 5) is 0. The van der Waals surface area contributed by atoms with Crippen molar-refractivity contribution in [3.63, 3.8) is 0 Å². The first-order valence-electron chi connectivity index (χ1n) is 6.17. The van der Waals surface area contributed by atoms with Crippen LogP contribution < -0.4 is 10.1 Å². The third-order valence-electron chi connectivity index (χ3n) is 3.17. The van der Waals surface area contributed by atoms with E-state index in [1.165, 1.54) is 19.4 Å². The molecule has 2 nitrogen and oxygen atoms in total. The van der Waals surface area contributed by atoms with Crippen molar-refractivity contribution in [1.82, 2.24) is 5.32 Å². The van der Waals surface area contributed by atoms with Crippen LogP contribution in [-0.4, -0.2) is 19.7 Å². The number of nitrogens with one attached hydrogen (secondary N) is 1. The van der Waals surface area contributed by atoms with Gasteiger partial charge in [0.15, 0.2) is 0 Å². The minimum atomic E-state index is 0.611. The minimum absolute atomic E-state index is 0.611. The second kappa shape index (κ2) is 5.35. The summed E-state index contributed by atoms with van der Waals surface area (Å²) in [6.45, 7) is 5.37. The second-order valence-electron chi connectivity index (χ2n) is 5.00. The van der Waals surface area contributed by atoms with Gasteiger partial charge < -0.3 is 10.1 Å². The Morgan fingerprint density at radius 2 is 2.00 bits per heavy atom. The van der Waals surface area contributed by atoms with E-state index in [-0.39, 0.29) is 0 Å². The van der Waals surface area contributed by atoms with E-state index in [4.69, 9.17) is 4.74 Å². The second-order valence-corrected chi connectivity index (χ2v) is 5.00. The van der Waals surface area contributed by atoms with Crippen molar-refractivity contribution in [2.45, 2.75) is 26.2 Å². The largest absolute Gasteiger partial charge is 0.494 e. The Labute approximate surface area is 98.0 Å². The summed E-state index contributed by atoms with van der Waals surface area (Å²) < 4.78 is 5.61. The van der Waals surface area contributed by atoms with E-state index in [1.54, 1.807) is 0 Å². The van der Waals surface area contributed by atoms with E-state index >= 15 is 0 Å². The summed E-state index contributed by atoms with van der Waals surface area (Å²) in [5.74, 6) is 0.969. The van der Waals surface area contributed by atoms with Gasteiger partial charge in [0.2, 0.25) is 0 Å². The molecule has 0 saturated heterocycles. The van der Waals surface area contributed by atoms with Gasteiger partial charge in [-0.2, -0.15) is 0 Å². The predicted octanol–water partition coefficient (Wildman–Crippen LogP) is 2.85.